The average molecular weight is 587 g/mol. The largest absolute Gasteiger partial charge is 0.444 e. The molecule has 0 spiro atoms. The molecule has 1 aromatic heterocycles. The number of hydrogen-bond donors (Lipinski definition) is 2. The first-order valence-electron chi connectivity index (χ1n) is 13.9. The highest BCUT2D eigenvalue weighted by atomic mass is 35.5. The van der Waals surface area contributed by atoms with E-state index in [2.05, 4.69) is 21.6 Å². The number of benzene rings is 2. The fourth-order valence-corrected chi connectivity index (χ4v) is 5.96. The minimum absolute atomic E-state index is 0.0668. The fraction of sp³-hybridized carbons (Fsp3) is 0.500. The summed E-state index contributed by atoms with van der Waals surface area (Å²) >= 11 is 13.4. The van der Waals surface area contributed by atoms with Gasteiger partial charge in [-0.15, -0.1) is 0 Å². The molecule has 2 unspecified atom stereocenters. The summed E-state index contributed by atoms with van der Waals surface area (Å²) in [6.07, 6.45) is 2.04. The smallest absolute Gasteiger partial charge is 0.407 e. The number of aromatic nitrogens is 2. The number of amides is 2. The second kappa shape index (κ2) is 11.1. The first-order chi connectivity index (χ1) is 18.9. The van der Waals surface area contributed by atoms with Crippen molar-refractivity contribution in [3.8, 4) is 0 Å². The Morgan fingerprint density at radius 2 is 1.85 bits per heavy atom. The molecule has 2 heterocycles. The number of piperidine rings is 1. The Morgan fingerprint density at radius 3 is 2.52 bits per heavy atom. The van der Waals surface area contributed by atoms with Crippen LogP contribution in [0.3, 0.4) is 0 Å². The van der Waals surface area contributed by atoms with Gasteiger partial charge in [0.1, 0.15) is 11.4 Å². The monoisotopic (exact) mass is 585 g/mol. The Bertz CT molecular complexity index is 1450. The Morgan fingerprint density at radius 1 is 1.12 bits per heavy atom. The van der Waals surface area contributed by atoms with Gasteiger partial charge >= 0.3 is 6.09 Å². The van der Waals surface area contributed by atoms with Gasteiger partial charge in [0.05, 0.1) is 27.3 Å². The van der Waals surface area contributed by atoms with Gasteiger partial charge < -0.3 is 24.8 Å². The molecule has 3 aromatic rings. The van der Waals surface area contributed by atoms with Crippen LogP contribution in [-0.4, -0.2) is 46.8 Å². The number of fused-ring (bicyclic) bond motifs is 2. The number of ether oxygens (including phenoxy) is 1. The molecule has 2 atom stereocenters. The zero-order chi connectivity index (χ0) is 28.8. The van der Waals surface area contributed by atoms with E-state index in [0.29, 0.717) is 28.6 Å². The highest BCUT2D eigenvalue weighted by Crippen LogP contribution is 2.47. The van der Waals surface area contributed by atoms with Gasteiger partial charge in [0.25, 0.3) is 5.91 Å². The number of alkyl carbamates (subject to hydrolysis) is 1. The predicted octanol–water partition coefficient (Wildman–Crippen LogP) is 6.09. The van der Waals surface area contributed by atoms with Crippen LogP contribution in [0.25, 0.3) is 11.0 Å². The van der Waals surface area contributed by atoms with E-state index >= 15 is 0 Å². The number of nitrogens with zero attached hydrogens (tertiary/aromatic N) is 3. The molecule has 0 radical (unpaired) electrons. The predicted molar refractivity (Wildman–Crippen MR) is 159 cm³/mol. The topological polar surface area (TPSA) is 88.5 Å². The summed E-state index contributed by atoms with van der Waals surface area (Å²) in [5.41, 5.74) is 4.20. The molecule has 2 N–H and O–H groups in total. The molecule has 40 heavy (non-hydrogen) atoms. The second-order valence-corrected chi connectivity index (χ2v) is 12.7. The Balaban J connectivity index is 1.44. The van der Waals surface area contributed by atoms with E-state index in [9.17, 15) is 9.59 Å². The Hall–Kier alpha value is -2.97. The molecule has 1 aliphatic heterocycles. The van der Waals surface area contributed by atoms with Gasteiger partial charge in [-0.2, -0.15) is 0 Å². The minimum atomic E-state index is -0.592. The number of carbonyl (C=O) groups excluding carboxylic acids is 2. The third kappa shape index (κ3) is 6.03. The quantitative estimate of drug-likeness (QED) is 0.334. The van der Waals surface area contributed by atoms with Crippen LogP contribution in [0.5, 0.6) is 0 Å². The molecule has 1 saturated carbocycles. The fourth-order valence-electron chi connectivity index (χ4n) is 5.39. The lowest BCUT2D eigenvalue weighted by Gasteiger charge is -2.23. The van der Waals surface area contributed by atoms with Crippen molar-refractivity contribution in [2.24, 2.45) is 18.9 Å². The van der Waals surface area contributed by atoms with Gasteiger partial charge in [-0.1, -0.05) is 36.2 Å². The number of imidazole rings is 1. The summed E-state index contributed by atoms with van der Waals surface area (Å²) in [5.74, 6) is 2.19. The van der Waals surface area contributed by atoms with E-state index < -0.39 is 11.7 Å². The van der Waals surface area contributed by atoms with E-state index in [0.717, 1.165) is 65.0 Å². The van der Waals surface area contributed by atoms with Crippen molar-refractivity contribution in [2.45, 2.75) is 59.1 Å². The lowest BCUT2D eigenvalue weighted by molar-refractivity contribution is 0.0523. The van der Waals surface area contributed by atoms with E-state index in [1.807, 2.05) is 45.4 Å². The molecule has 2 aliphatic rings. The molecular weight excluding hydrogens is 549 g/mol. The summed E-state index contributed by atoms with van der Waals surface area (Å²) in [6.45, 7) is 10.3. The van der Waals surface area contributed by atoms with Crippen molar-refractivity contribution in [1.82, 2.24) is 20.2 Å². The molecule has 1 aliphatic carbocycles. The number of carbonyl (C=O) groups is 2. The lowest BCUT2D eigenvalue weighted by Crippen LogP contribution is -2.32. The number of hydrogen-bond acceptors (Lipinski definition) is 5. The third-order valence-corrected chi connectivity index (χ3v) is 8.44. The summed E-state index contributed by atoms with van der Waals surface area (Å²) < 4.78 is 7.38. The molecule has 214 valence electrons. The summed E-state index contributed by atoms with van der Waals surface area (Å²) in [5, 5.41) is 6.80. The van der Waals surface area contributed by atoms with Crippen molar-refractivity contribution in [3.05, 3.63) is 56.8 Å². The van der Waals surface area contributed by atoms with Crippen molar-refractivity contribution in [2.75, 3.05) is 24.5 Å². The molecule has 1 saturated heterocycles. The number of nitrogens with one attached hydrogen (secondary N) is 2. The summed E-state index contributed by atoms with van der Waals surface area (Å²) in [7, 11) is 1.97. The zero-order valence-corrected chi connectivity index (χ0v) is 25.2. The molecule has 0 bridgehead atoms. The highest BCUT2D eigenvalue weighted by molar-refractivity contribution is 6.36. The van der Waals surface area contributed by atoms with Crippen molar-refractivity contribution in [3.63, 3.8) is 0 Å². The summed E-state index contributed by atoms with van der Waals surface area (Å²) in [4.78, 5) is 32.6. The molecule has 2 aromatic carbocycles. The zero-order valence-electron chi connectivity index (χ0n) is 23.7. The number of rotatable bonds is 8. The van der Waals surface area contributed by atoms with Crippen LogP contribution in [0.2, 0.25) is 10.0 Å². The maximum Gasteiger partial charge on any atom is 0.407 e. The molecule has 8 nitrogen and oxygen atoms in total. The van der Waals surface area contributed by atoms with Crippen LogP contribution >= 0.6 is 23.2 Å². The molecule has 10 heteroatoms. The standard InChI is InChI=1S/C30H37Cl2N5O3/c1-6-9-33-28(38)21-11-23-25(13-24(21)37-15-18-10-19(18)16-37)36(5)26(35-23)12-20-22(31)8-7-17(27(20)32)14-34-29(39)40-30(2,3)4/h7-8,11,13,18-19H,6,9-10,12,14-16H2,1-5H3,(H,33,38)(H,34,39). The second-order valence-electron chi connectivity index (χ2n) is 11.9. The van der Waals surface area contributed by atoms with Crippen LogP contribution in [0.4, 0.5) is 10.5 Å². The Labute approximate surface area is 245 Å². The lowest BCUT2D eigenvalue weighted by atomic mass is 10.1. The summed E-state index contributed by atoms with van der Waals surface area (Å²) in [6, 6.07) is 7.59. The van der Waals surface area contributed by atoms with Crippen LogP contribution in [0, 0.1) is 11.8 Å². The number of halogens is 2. The normalized spacial score (nSPS) is 18.1. The van der Waals surface area contributed by atoms with Gasteiger partial charge in [-0.25, -0.2) is 9.78 Å². The minimum Gasteiger partial charge on any atom is -0.444 e. The van der Waals surface area contributed by atoms with Gasteiger partial charge in [-0.3, -0.25) is 4.79 Å². The van der Waals surface area contributed by atoms with Gasteiger partial charge in [0.2, 0.25) is 0 Å². The molecule has 5 rings (SSSR count). The Kier molecular flexibility index (Phi) is 7.94. The van der Waals surface area contributed by atoms with Crippen molar-refractivity contribution in [1.29, 1.82) is 0 Å². The first kappa shape index (κ1) is 28.6. The molecular formula is C30H37Cl2N5O3. The number of anilines is 1. The average Bonchev–Trinajstić information content (AvgIpc) is 3.37. The highest BCUT2D eigenvalue weighted by Gasteiger charge is 2.45. The van der Waals surface area contributed by atoms with Crippen LogP contribution in [0.1, 0.15) is 67.8 Å². The van der Waals surface area contributed by atoms with Crippen LogP contribution < -0.4 is 15.5 Å². The number of aryl methyl sites for hydroxylation is 1. The van der Waals surface area contributed by atoms with Gasteiger partial charge in [0, 0.05) is 44.7 Å². The van der Waals surface area contributed by atoms with E-state index in [-0.39, 0.29) is 12.5 Å². The third-order valence-electron chi connectivity index (χ3n) is 7.61. The van der Waals surface area contributed by atoms with Crippen molar-refractivity contribution >= 4 is 51.9 Å². The first-order valence-corrected chi connectivity index (χ1v) is 14.7. The van der Waals surface area contributed by atoms with E-state index in [1.54, 1.807) is 12.1 Å². The van der Waals surface area contributed by atoms with Crippen molar-refractivity contribution < 1.29 is 14.3 Å². The molecule has 2 fully saturated rings. The molecule has 2 amide bonds. The van der Waals surface area contributed by atoms with Crippen LogP contribution in [-0.2, 0) is 24.8 Å². The van der Waals surface area contributed by atoms with E-state index in [4.69, 9.17) is 32.9 Å². The van der Waals surface area contributed by atoms with Crippen LogP contribution in [0.15, 0.2) is 24.3 Å². The van der Waals surface area contributed by atoms with Gasteiger partial charge in [-0.05, 0) is 74.8 Å². The maximum absolute atomic E-state index is 13.2. The van der Waals surface area contributed by atoms with Gasteiger partial charge in [0.15, 0.2) is 0 Å². The SMILES string of the molecule is CCCNC(=O)c1cc2nc(Cc3c(Cl)ccc(CNC(=O)OC(C)(C)C)c3Cl)n(C)c2cc1N1CC2CC2C1. The maximum atomic E-state index is 13.2. The van der Waals surface area contributed by atoms with E-state index in [1.165, 1.54) is 6.42 Å².